The molecule has 1 aliphatic rings. The van der Waals surface area contributed by atoms with Crippen LogP contribution in [0.15, 0.2) is 28.7 Å². The van der Waals surface area contributed by atoms with Crippen LogP contribution in [0.4, 0.5) is 0 Å². The van der Waals surface area contributed by atoms with Crippen molar-refractivity contribution in [2.24, 2.45) is 0 Å². The molecule has 1 saturated heterocycles. The van der Waals surface area contributed by atoms with Gasteiger partial charge in [-0.25, -0.2) is 8.42 Å². The molecule has 0 aliphatic carbocycles. The summed E-state index contributed by atoms with van der Waals surface area (Å²) in [5.41, 5.74) is 0.692. The summed E-state index contributed by atoms with van der Waals surface area (Å²) in [6.07, 6.45) is 1.96. The van der Waals surface area contributed by atoms with E-state index in [-0.39, 0.29) is 11.7 Å². The first kappa shape index (κ1) is 18.4. The fourth-order valence-corrected chi connectivity index (χ4v) is 4.61. The highest BCUT2D eigenvalue weighted by Gasteiger charge is 2.27. The lowest BCUT2D eigenvalue weighted by molar-refractivity contribution is -0.130. The number of carbonyl (C=O) groups excluding carboxylic acids is 1. The molecular weight excluding hydrogens is 380 g/mol. The molecule has 0 radical (unpaired) electrons. The number of carbonyl (C=O) groups is 1. The van der Waals surface area contributed by atoms with E-state index < -0.39 is 15.6 Å². The number of likely N-dealkylation sites (N-methyl/N-ethyl adjacent to an activating group) is 1. The molecular formula is C16H23BrN2O3S. The zero-order valence-corrected chi connectivity index (χ0v) is 15.9. The lowest BCUT2D eigenvalue weighted by Crippen LogP contribution is -2.49. The number of amides is 1. The minimum atomic E-state index is -3.46. The number of hydrogen-bond acceptors (Lipinski definition) is 4. The highest BCUT2D eigenvalue weighted by Crippen LogP contribution is 2.17. The molecule has 7 heteroatoms. The standard InChI is InChI=1S/C16H23BrN2O3S/c1-18(2)15-7-4-8-19(10-15)16(20)12-23(21,22)11-13-5-3-6-14(17)9-13/h3,5-6,9,15H,4,7-8,10-12H2,1-2H3. The van der Waals surface area contributed by atoms with Crippen LogP contribution in [0.1, 0.15) is 18.4 Å². The van der Waals surface area contributed by atoms with Crippen LogP contribution in [0.5, 0.6) is 0 Å². The third kappa shape index (κ3) is 5.58. The van der Waals surface area contributed by atoms with E-state index in [9.17, 15) is 13.2 Å². The monoisotopic (exact) mass is 402 g/mol. The van der Waals surface area contributed by atoms with Crippen molar-refractivity contribution < 1.29 is 13.2 Å². The van der Waals surface area contributed by atoms with Gasteiger partial charge in [-0.2, -0.15) is 0 Å². The molecule has 0 N–H and O–H groups in total. The maximum Gasteiger partial charge on any atom is 0.237 e. The van der Waals surface area contributed by atoms with Crippen LogP contribution in [0.2, 0.25) is 0 Å². The van der Waals surface area contributed by atoms with Crippen molar-refractivity contribution in [2.45, 2.75) is 24.6 Å². The van der Waals surface area contributed by atoms with Crippen LogP contribution < -0.4 is 0 Å². The van der Waals surface area contributed by atoms with Crippen LogP contribution in [-0.4, -0.2) is 63.1 Å². The molecule has 0 spiro atoms. The molecule has 5 nitrogen and oxygen atoms in total. The van der Waals surface area contributed by atoms with Gasteiger partial charge in [0, 0.05) is 23.6 Å². The Kier molecular flexibility index (Phi) is 6.22. The third-order valence-corrected chi connectivity index (χ3v) is 6.05. The van der Waals surface area contributed by atoms with Crippen LogP contribution in [0.3, 0.4) is 0 Å². The van der Waals surface area contributed by atoms with E-state index in [1.807, 2.05) is 20.2 Å². The maximum atomic E-state index is 12.4. The average molecular weight is 403 g/mol. The first-order valence-electron chi connectivity index (χ1n) is 7.66. The van der Waals surface area contributed by atoms with Crippen molar-refractivity contribution in [3.8, 4) is 0 Å². The van der Waals surface area contributed by atoms with Crippen LogP contribution >= 0.6 is 15.9 Å². The predicted molar refractivity (Wildman–Crippen MR) is 94.9 cm³/mol. The Bertz CT molecular complexity index is 661. The summed E-state index contributed by atoms with van der Waals surface area (Å²) in [7, 11) is 0.514. The highest BCUT2D eigenvalue weighted by atomic mass is 79.9. The van der Waals surface area contributed by atoms with Gasteiger partial charge in [0.15, 0.2) is 9.84 Å². The molecule has 1 amide bonds. The van der Waals surface area contributed by atoms with Gasteiger partial charge in [0.25, 0.3) is 0 Å². The van der Waals surface area contributed by atoms with Gasteiger partial charge < -0.3 is 9.80 Å². The first-order valence-corrected chi connectivity index (χ1v) is 10.3. The summed E-state index contributed by atoms with van der Waals surface area (Å²) in [5, 5.41) is 0. The molecule has 0 aromatic heterocycles. The summed E-state index contributed by atoms with van der Waals surface area (Å²) < 4.78 is 25.4. The fourth-order valence-electron chi connectivity index (χ4n) is 2.81. The number of piperidine rings is 1. The molecule has 23 heavy (non-hydrogen) atoms. The lowest BCUT2D eigenvalue weighted by Gasteiger charge is -2.36. The summed E-state index contributed by atoms with van der Waals surface area (Å²) in [6, 6.07) is 7.47. The van der Waals surface area contributed by atoms with E-state index >= 15 is 0 Å². The number of sulfone groups is 1. The molecule has 128 valence electrons. The SMILES string of the molecule is CN(C)C1CCCN(C(=O)CS(=O)(=O)Cc2cccc(Br)c2)C1. The molecule has 1 aliphatic heterocycles. The van der Waals surface area contributed by atoms with Crippen LogP contribution in [0.25, 0.3) is 0 Å². The van der Waals surface area contributed by atoms with Gasteiger partial charge >= 0.3 is 0 Å². The Morgan fingerprint density at radius 1 is 1.39 bits per heavy atom. The predicted octanol–water partition coefficient (Wildman–Crippen LogP) is 1.92. The molecule has 1 unspecified atom stereocenters. The van der Waals surface area contributed by atoms with E-state index in [1.54, 1.807) is 23.1 Å². The second kappa shape index (κ2) is 7.77. The molecule has 1 aromatic carbocycles. The Balaban J connectivity index is 1.98. The number of nitrogens with zero attached hydrogens (tertiary/aromatic N) is 2. The van der Waals surface area contributed by atoms with Gasteiger partial charge in [0.05, 0.1) is 5.75 Å². The quantitative estimate of drug-likeness (QED) is 0.754. The van der Waals surface area contributed by atoms with E-state index in [1.165, 1.54) is 0 Å². The largest absolute Gasteiger partial charge is 0.340 e. The number of rotatable bonds is 5. The third-order valence-electron chi connectivity index (χ3n) is 4.10. The Morgan fingerprint density at radius 3 is 2.78 bits per heavy atom. The van der Waals surface area contributed by atoms with Crippen molar-refractivity contribution in [1.82, 2.24) is 9.80 Å². The topological polar surface area (TPSA) is 57.7 Å². The summed E-state index contributed by atoms with van der Waals surface area (Å²) in [4.78, 5) is 16.1. The van der Waals surface area contributed by atoms with Crippen LogP contribution in [0, 0.1) is 0 Å². The van der Waals surface area contributed by atoms with Gasteiger partial charge in [-0.05, 0) is 44.6 Å². The molecule has 1 atom stereocenters. The van der Waals surface area contributed by atoms with E-state index in [2.05, 4.69) is 20.8 Å². The zero-order valence-electron chi connectivity index (χ0n) is 13.5. The normalized spacial score (nSPS) is 19.1. The van der Waals surface area contributed by atoms with Gasteiger partial charge in [-0.15, -0.1) is 0 Å². The Morgan fingerprint density at radius 2 is 2.13 bits per heavy atom. The second-order valence-corrected chi connectivity index (χ2v) is 9.24. The lowest BCUT2D eigenvalue weighted by atomic mass is 10.1. The molecule has 0 saturated carbocycles. The van der Waals surface area contributed by atoms with Gasteiger partial charge in [-0.3, -0.25) is 4.79 Å². The second-order valence-electron chi connectivity index (χ2n) is 6.26. The summed E-state index contributed by atoms with van der Waals surface area (Å²) in [5.74, 6) is -0.811. The zero-order chi connectivity index (χ0) is 17.0. The molecule has 1 fully saturated rings. The molecule has 2 rings (SSSR count). The van der Waals surface area contributed by atoms with Crippen molar-refractivity contribution in [3.05, 3.63) is 34.3 Å². The highest BCUT2D eigenvalue weighted by molar-refractivity contribution is 9.10. The summed E-state index contributed by atoms with van der Waals surface area (Å²) in [6.45, 7) is 1.26. The fraction of sp³-hybridized carbons (Fsp3) is 0.562. The van der Waals surface area contributed by atoms with Gasteiger partial charge in [0.1, 0.15) is 5.75 Å². The summed E-state index contributed by atoms with van der Waals surface area (Å²) >= 11 is 3.33. The maximum absolute atomic E-state index is 12.4. The minimum absolute atomic E-state index is 0.108. The van der Waals surface area contributed by atoms with Crippen molar-refractivity contribution in [3.63, 3.8) is 0 Å². The molecule has 0 bridgehead atoms. The van der Waals surface area contributed by atoms with E-state index in [4.69, 9.17) is 0 Å². The number of likely N-dealkylation sites (tertiary alicyclic amines) is 1. The minimum Gasteiger partial charge on any atom is -0.340 e. The van der Waals surface area contributed by atoms with Crippen molar-refractivity contribution in [2.75, 3.05) is 32.9 Å². The van der Waals surface area contributed by atoms with Crippen LogP contribution in [-0.2, 0) is 20.4 Å². The molecule has 1 heterocycles. The number of benzene rings is 1. The van der Waals surface area contributed by atoms with Crippen molar-refractivity contribution in [1.29, 1.82) is 0 Å². The number of hydrogen-bond donors (Lipinski definition) is 0. The smallest absolute Gasteiger partial charge is 0.237 e. The Labute approximate surface area is 146 Å². The van der Waals surface area contributed by atoms with Gasteiger partial charge in [-0.1, -0.05) is 28.1 Å². The van der Waals surface area contributed by atoms with E-state index in [0.717, 1.165) is 17.3 Å². The first-order chi connectivity index (χ1) is 10.8. The average Bonchev–Trinajstić information content (AvgIpc) is 2.46. The van der Waals surface area contributed by atoms with E-state index in [0.29, 0.717) is 24.7 Å². The Hall–Kier alpha value is -0.920. The van der Waals surface area contributed by atoms with Gasteiger partial charge in [0.2, 0.25) is 5.91 Å². The molecule has 1 aromatic rings. The number of halogens is 1. The van der Waals surface area contributed by atoms with Crippen molar-refractivity contribution >= 4 is 31.7 Å².